The van der Waals surface area contributed by atoms with Crippen LogP contribution in [0, 0.1) is 0 Å². The minimum Gasteiger partial charge on any atom is -0.478 e. The summed E-state index contributed by atoms with van der Waals surface area (Å²) in [4.78, 5) is 18.7. The fraction of sp³-hybridized carbons (Fsp3) is 0. The summed E-state index contributed by atoms with van der Waals surface area (Å²) in [5.41, 5.74) is 0.219. The quantitative estimate of drug-likeness (QED) is 0.879. The SMILES string of the molecule is O=C(O)c1ccnc(Sc2ncns2)c1. The summed E-state index contributed by atoms with van der Waals surface area (Å²) >= 11 is 2.54. The van der Waals surface area contributed by atoms with Gasteiger partial charge in [0.05, 0.1) is 5.56 Å². The molecule has 0 aromatic carbocycles. The van der Waals surface area contributed by atoms with Crippen LogP contribution in [-0.4, -0.2) is 25.4 Å². The van der Waals surface area contributed by atoms with E-state index in [2.05, 4.69) is 14.3 Å². The van der Waals surface area contributed by atoms with Crippen molar-refractivity contribution >= 4 is 29.3 Å². The number of carboxylic acid groups (broad SMARTS) is 1. The van der Waals surface area contributed by atoms with E-state index >= 15 is 0 Å². The van der Waals surface area contributed by atoms with E-state index in [1.165, 1.54) is 48.0 Å². The lowest BCUT2D eigenvalue weighted by atomic mass is 10.3. The first-order valence-electron chi connectivity index (χ1n) is 3.89. The molecule has 0 aliphatic heterocycles. The maximum absolute atomic E-state index is 10.7. The van der Waals surface area contributed by atoms with Crippen LogP contribution in [0.5, 0.6) is 0 Å². The van der Waals surface area contributed by atoms with E-state index in [-0.39, 0.29) is 5.56 Å². The molecule has 0 spiro atoms. The van der Waals surface area contributed by atoms with Crippen molar-refractivity contribution < 1.29 is 9.90 Å². The third kappa shape index (κ3) is 2.51. The molecule has 2 heterocycles. The van der Waals surface area contributed by atoms with Gasteiger partial charge in [0.1, 0.15) is 11.4 Å². The molecule has 2 rings (SSSR count). The fourth-order valence-electron chi connectivity index (χ4n) is 0.896. The zero-order chi connectivity index (χ0) is 10.7. The fourth-order valence-corrected chi connectivity index (χ4v) is 2.29. The van der Waals surface area contributed by atoms with Gasteiger partial charge in [-0.3, -0.25) is 0 Å². The molecule has 2 aromatic rings. The molecule has 5 nitrogen and oxygen atoms in total. The van der Waals surface area contributed by atoms with E-state index in [0.29, 0.717) is 5.03 Å². The number of hydrogen-bond donors (Lipinski definition) is 1. The number of aromatic nitrogens is 3. The van der Waals surface area contributed by atoms with Crippen LogP contribution in [0.3, 0.4) is 0 Å². The van der Waals surface area contributed by atoms with Crippen molar-refractivity contribution in [3.8, 4) is 0 Å². The molecule has 0 amide bonds. The zero-order valence-corrected chi connectivity index (χ0v) is 8.96. The van der Waals surface area contributed by atoms with Crippen molar-refractivity contribution in [1.82, 2.24) is 14.3 Å². The highest BCUT2D eigenvalue weighted by atomic mass is 32.2. The summed E-state index contributed by atoms with van der Waals surface area (Å²) < 4.78 is 4.58. The number of aromatic carboxylic acids is 1. The molecule has 0 saturated heterocycles. The maximum Gasteiger partial charge on any atom is 0.335 e. The smallest absolute Gasteiger partial charge is 0.335 e. The minimum atomic E-state index is -0.962. The average Bonchev–Trinajstić information content (AvgIpc) is 2.71. The van der Waals surface area contributed by atoms with Crippen LogP contribution in [0.2, 0.25) is 0 Å². The Balaban J connectivity index is 2.22. The van der Waals surface area contributed by atoms with Crippen LogP contribution in [0.4, 0.5) is 0 Å². The zero-order valence-electron chi connectivity index (χ0n) is 7.32. The number of pyridine rings is 1. The molecule has 0 aliphatic carbocycles. The van der Waals surface area contributed by atoms with Crippen LogP contribution < -0.4 is 0 Å². The third-order valence-electron chi connectivity index (χ3n) is 1.51. The molecule has 0 bridgehead atoms. The first kappa shape index (κ1) is 10.1. The van der Waals surface area contributed by atoms with E-state index < -0.39 is 5.97 Å². The van der Waals surface area contributed by atoms with Crippen molar-refractivity contribution in [2.24, 2.45) is 0 Å². The molecular weight excluding hydrogens is 234 g/mol. The number of nitrogens with zero attached hydrogens (tertiary/aromatic N) is 3. The summed E-state index contributed by atoms with van der Waals surface area (Å²) in [5, 5.41) is 9.38. The molecule has 1 N–H and O–H groups in total. The molecular formula is C8H5N3O2S2. The van der Waals surface area contributed by atoms with Crippen molar-refractivity contribution in [3.05, 3.63) is 30.2 Å². The van der Waals surface area contributed by atoms with Crippen molar-refractivity contribution in [2.45, 2.75) is 9.37 Å². The molecule has 0 fully saturated rings. The number of rotatable bonds is 3. The molecule has 76 valence electrons. The van der Waals surface area contributed by atoms with Gasteiger partial charge in [-0.15, -0.1) is 0 Å². The van der Waals surface area contributed by atoms with E-state index in [9.17, 15) is 4.79 Å². The highest BCUT2D eigenvalue weighted by molar-refractivity contribution is 8.00. The van der Waals surface area contributed by atoms with Crippen molar-refractivity contribution in [3.63, 3.8) is 0 Å². The number of hydrogen-bond acceptors (Lipinski definition) is 6. The van der Waals surface area contributed by atoms with Crippen LogP contribution in [0.25, 0.3) is 0 Å². The Kier molecular flexibility index (Phi) is 2.93. The summed E-state index contributed by atoms with van der Waals surface area (Å²) in [6, 6.07) is 2.96. The van der Waals surface area contributed by atoms with Crippen molar-refractivity contribution in [2.75, 3.05) is 0 Å². The first-order valence-corrected chi connectivity index (χ1v) is 5.48. The molecule has 0 radical (unpaired) electrons. The highest BCUT2D eigenvalue weighted by Crippen LogP contribution is 2.26. The normalized spacial score (nSPS) is 10.1. The Labute approximate surface area is 93.4 Å². The standard InChI is InChI=1S/C8H5N3O2S2/c12-7(13)5-1-2-9-6(3-5)14-8-10-4-11-15-8/h1-4H,(H,12,13). The maximum atomic E-state index is 10.7. The van der Waals surface area contributed by atoms with Crippen LogP contribution >= 0.6 is 23.3 Å². The summed E-state index contributed by atoms with van der Waals surface area (Å²) in [5.74, 6) is -0.962. The molecule has 7 heteroatoms. The minimum absolute atomic E-state index is 0.219. The van der Waals surface area contributed by atoms with E-state index in [0.717, 1.165) is 4.34 Å². The second kappa shape index (κ2) is 4.37. The average molecular weight is 239 g/mol. The Morgan fingerprint density at radius 3 is 3.00 bits per heavy atom. The third-order valence-corrected chi connectivity index (χ3v) is 3.16. The Bertz CT molecular complexity index is 472. The van der Waals surface area contributed by atoms with Gasteiger partial charge in [-0.25, -0.2) is 14.8 Å². The van der Waals surface area contributed by atoms with Crippen LogP contribution in [0.15, 0.2) is 34.0 Å². The van der Waals surface area contributed by atoms with Crippen LogP contribution in [0.1, 0.15) is 10.4 Å². The largest absolute Gasteiger partial charge is 0.478 e. The molecule has 0 unspecified atom stereocenters. The lowest BCUT2D eigenvalue weighted by Crippen LogP contribution is -1.96. The number of carboxylic acids is 1. The Morgan fingerprint density at radius 1 is 1.47 bits per heavy atom. The lowest BCUT2D eigenvalue weighted by Gasteiger charge is -1.97. The van der Waals surface area contributed by atoms with Gasteiger partial charge in [-0.1, -0.05) is 0 Å². The van der Waals surface area contributed by atoms with Gasteiger partial charge in [0, 0.05) is 6.20 Å². The number of carbonyl (C=O) groups is 1. The van der Waals surface area contributed by atoms with Crippen LogP contribution in [-0.2, 0) is 0 Å². The predicted octanol–water partition coefficient (Wildman–Crippen LogP) is 1.78. The molecule has 0 aliphatic rings. The summed E-state index contributed by atoms with van der Waals surface area (Å²) in [6.07, 6.45) is 2.92. The monoisotopic (exact) mass is 239 g/mol. The molecule has 0 atom stereocenters. The van der Waals surface area contributed by atoms with Crippen molar-refractivity contribution in [1.29, 1.82) is 0 Å². The second-order valence-electron chi connectivity index (χ2n) is 2.50. The highest BCUT2D eigenvalue weighted by Gasteiger charge is 2.06. The van der Waals surface area contributed by atoms with E-state index in [4.69, 9.17) is 5.11 Å². The van der Waals surface area contributed by atoms with Gasteiger partial charge in [0.2, 0.25) is 0 Å². The Hall–Kier alpha value is -1.47. The van der Waals surface area contributed by atoms with Gasteiger partial charge >= 0.3 is 5.97 Å². The van der Waals surface area contributed by atoms with Gasteiger partial charge in [0.25, 0.3) is 0 Å². The van der Waals surface area contributed by atoms with E-state index in [1.54, 1.807) is 0 Å². The lowest BCUT2D eigenvalue weighted by molar-refractivity contribution is 0.0696. The summed E-state index contributed by atoms with van der Waals surface area (Å²) in [6.45, 7) is 0. The topological polar surface area (TPSA) is 76.0 Å². The predicted molar refractivity (Wildman–Crippen MR) is 55.2 cm³/mol. The van der Waals surface area contributed by atoms with Gasteiger partial charge in [0.15, 0.2) is 4.34 Å². The summed E-state index contributed by atoms with van der Waals surface area (Å²) in [7, 11) is 0. The van der Waals surface area contributed by atoms with Gasteiger partial charge in [-0.05, 0) is 35.4 Å². The molecule has 2 aromatic heterocycles. The molecule has 15 heavy (non-hydrogen) atoms. The van der Waals surface area contributed by atoms with E-state index in [1.807, 2.05) is 0 Å². The second-order valence-corrected chi connectivity index (χ2v) is 4.54. The Morgan fingerprint density at radius 2 is 2.33 bits per heavy atom. The van der Waals surface area contributed by atoms with Gasteiger partial charge < -0.3 is 5.11 Å². The molecule has 0 saturated carbocycles. The van der Waals surface area contributed by atoms with Gasteiger partial charge in [-0.2, -0.15) is 4.37 Å². The first-order chi connectivity index (χ1) is 7.25.